The molecule has 0 bridgehead atoms. The topological polar surface area (TPSA) is 180 Å². The van der Waals surface area contributed by atoms with Crippen LogP contribution in [0.15, 0.2) is 16.8 Å². The molecule has 250 valence electrons. The summed E-state index contributed by atoms with van der Waals surface area (Å²) in [5.41, 5.74) is 4.31. The quantitative estimate of drug-likeness (QED) is 0.113. The number of rotatable bonds is 12. The summed E-state index contributed by atoms with van der Waals surface area (Å²) in [6.45, 7) is 6.56. The monoisotopic (exact) mass is 664 g/mol. The molecular weight excluding hydrogens is 617 g/mol. The molecular formula is C31H48N6O6S2. The summed E-state index contributed by atoms with van der Waals surface area (Å²) in [6, 6.07) is -0.327. The Bertz CT molecular complexity index is 1190. The number of amides is 5. The van der Waals surface area contributed by atoms with Crippen LogP contribution in [0.3, 0.4) is 0 Å². The summed E-state index contributed by atoms with van der Waals surface area (Å²) in [6.07, 6.45) is 9.00. The van der Waals surface area contributed by atoms with Gasteiger partial charge in [-0.15, -0.1) is 0 Å². The van der Waals surface area contributed by atoms with Gasteiger partial charge >= 0.3 is 6.03 Å². The van der Waals surface area contributed by atoms with Gasteiger partial charge in [-0.3, -0.25) is 23.9 Å². The number of ketones is 1. The molecule has 12 nitrogen and oxygen atoms in total. The van der Waals surface area contributed by atoms with Crippen LogP contribution in [0.5, 0.6) is 0 Å². The Kier molecular flexibility index (Phi) is 13.4. The highest BCUT2D eigenvalue weighted by Crippen LogP contribution is 2.34. The van der Waals surface area contributed by atoms with Gasteiger partial charge in [0.2, 0.25) is 17.6 Å². The minimum Gasteiger partial charge on any atom is -0.363 e. The molecule has 3 aliphatic rings. The van der Waals surface area contributed by atoms with Gasteiger partial charge in [0.15, 0.2) is 0 Å². The van der Waals surface area contributed by atoms with Gasteiger partial charge in [-0.05, 0) is 65.8 Å². The van der Waals surface area contributed by atoms with Gasteiger partial charge < -0.3 is 31.4 Å². The fraction of sp³-hybridized carbons (Fsp3) is 0.677. The van der Waals surface area contributed by atoms with Crippen LogP contribution in [0, 0.1) is 11.3 Å². The summed E-state index contributed by atoms with van der Waals surface area (Å²) in [5, 5.41) is 12.7. The molecule has 5 amide bonds. The van der Waals surface area contributed by atoms with Crippen LogP contribution in [0.2, 0.25) is 0 Å². The SMILES string of the molecule is CC(C)(C)C(NC(=O)NC1(C(=O)NCc2ccsc2)CCCCC1)C(=O)N1CCC[C@H]1C=O.NC(=O)C(=O)C(CC1CC1)NS. The Morgan fingerprint density at radius 2 is 1.80 bits per heavy atom. The molecule has 2 unspecified atom stereocenters. The molecule has 1 saturated heterocycles. The van der Waals surface area contributed by atoms with Gasteiger partial charge in [0.1, 0.15) is 17.9 Å². The fourth-order valence-electron chi connectivity index (χ4n) is 5.79. The summed E-state index contributed by atoms with van der Waals surface area (Å²) < 4.78 is 2.50. The van der Waals surface area contributed by atoms with Crippen molar-refractivity contribution in [2.75, 3.05) is 6.54 Å². The molecule has 3 fully saturated rings. The number of hydrogen-bond donors (Lipinski definition) is 6. The smallest absolute Gasteiger partial charge is 0.316 e. The predicted octanol–water partition coefficient (Wildman–Crippen LogP) is 2.61. The van der Waals surface area contributed by atoms with Crippen LogP contribution in [0.1, 0.15) is 90.5 Å². The maximum atomic E-state index is 13.3. The standard InChI is InChI=1S/C24H36N4O4S.C7H12N2O2S/c1-23(2,3)19(20(30)28-12-7-8-18(28)15-29)26-22(32)27-24(10-5-4-6-11-24)21(31)25-14-17-9-13-33-16-17;8-7(11)6(10)5(9-12)3-4-1-2-4/h9,13,15-16,18-19H,4-8,10-12,14H2,1-3H3,(H,25,31)(H2,26,27,32);4-5,9,12H,1-3H2,(H2,8,11)/t18-,19?;/m0./s1. The first-order valence-corrected chi connectivity index (χ1v) is 17.1. The van der Waals surface area contributed by atoms with Gasteiger partial charge in [-0.2, -0.15) is 11.3 Å². The second kappa shape index (κ2) is 16.5. The van der Waals surface area contributed by atoms with E-state index in [0.29, 0.717) is 44.7 Å². The highest BCUT2D eigenvalue weighted by Gasteiger charge is 2.44. The molecule has 1 aromatic rings. The number of thiol groups is 1. The van der Waals surface area contributed by atoms with Crippen molar-refractivity contribution in [2.45, 2.75) is 115 Å². The summed E-state index contributed by atoms with van der Waals surface area (Å²) >= 11 is 5.34. The van der Waals surface area contributed by atoms with Crippen molar-refractivity contribution in [3.63, 3.8) is 0 Å². The maximum Gasteiger partial charge on any atom is 0.316 e. The van der Waals surface area contributed by atoms with Gasteiger partial charge in [0.25, 0.3) is 5.91 Å². The largest absolute Gasteiger partial charge is 0.363 e. The second-order valence-electron chi connectivity index (χ2n) is 13.3. The summed E-state index contributed by atoms with van der Waals surface area (Å²) in [4.78, 5) is 74.1. The molecule has 3 atom stereocenters. The van der Waals surface area contributed by atoms with Crippen LogP contribution in [0.4, 0.5) is 4.79 Å². The first-order chi connectivity index (χ1) is 21.3. The first-order valence-electron chi connectivity index (χ1n) is 15.7. The molecule has 2 saturated carbocycles. The van der Waals surface area contributed by atoms with Crippen molar-refractivity contribution < 1.29 is 28.8 Å². The third-order valence-corrected chi connectivity index (χ3v) is 9.68. The zero-order valence-electron chi connectivity index (χ0n) is 26.4. The molecule has 2 heterocycles. The molecule has 0 spiro atoms. The number of likely N-dealkylation sites (tertiary alicyclic amines) is 1. The minimum absolute atomic E-state index is 0.192. The Labute approximate surface area is 274 Å². The van der Waals surface area contributed by atoms with Crippen molar-refractivity contribution in [1.82, 2.24) is 25.6 Å². The lowest BCUT2D eigenvalue weighted by Gasteiger charge is -2.39. The van der Waals surface area contributed by atoms with Crippen molar-refractivity contribution >= 4 is 60.0 Å². The third kappa shape index (κ3) is 10.5. The molecule has 0 radical (unpaired) electrons. The van der Waals surface area contributed by atoms with Crippen molar-refractivity contribution in [2.24, 2.45) is 17.1 Å². The van der Waals surface area contributed by atoms with Crippen molar-refractivity contribution in [3.05, 3.63) is 22.4 Å². The fourth-order valence-corrected chi connectivity index (χ4v) is 6.68. The van der Waals surface area contributed by atoms with Crippen LogP contribution in [-0.4, -0.2) is 70.9 Å². The number of nitrogens with one attached hydrogen (secondary N) is 4. The number of primary amides is 1. The number of thiophene rings is 1. The Morgan fingerprint density at radius 3 is 2.33 bits per heavy atom. The molecule has 4 rings (SSSR count). The van der Waals surface area contributed by atoms with E-state index in [2.05, 4.69) is 33.5 Å². The highest BCUT2D eigenvalue weighted by molar-refractivity contribution is 7.78. The van der Waals surface area contributed by atoms with Gasteiger partial charge in [-0.1, -0.05) is 65.7 Å². The number of aldehydes is 1. The Hall–Kier alpha value is -2.97. The molecule has 14 heteroatoms. The summed E-state index contributed by atoms with van der Waals surface area (Å²) in [7, 11) is 0. The minimum atomic E-state index is -0.997. The molecule has 6 N–H and O–H groups in total. The summed E-state index contributed by atoms with van der Waals surface area (Å²) in [5.74, 6) is -1.34. The molecule has 45 heavy (non-hydrogen) atoms. The average molecular weight is 665 g/mol. The van der Waals surface area contributed by atoms with Gasteiger partial charge in [-0.25, -0.2) is 4.79 Å². The lowest BCUT2D eigenvalue weighted by atomic mass is 9.80. The van der Waals surface area contributed by atoms with Crippen LogP contribution < -0.4 is 26.4 Å². The van der Waals surface area contributed by atoms with Gasteiger partial charge in [0.05, 0.1) is 12.1 Å². The van der Waals surface area contributed by atoms with E-state index in [1.54, 1.807) is 16.2 Å². The number of hydrogen-bond acceptors (Lipinski definition) is 9. The van der Waals surface area contributed by atoms with E-state index in [1.165, 1.54) is 0 Å². The number of carbonyl (C=O) groups excluding carboxylic acids is 6. The van der Waals surface area contributed by atoms with E-state index >= 15 is 0 Å². The first kappa shape index (κ1) is 36.5. The van der Waals surface area contributed by atoms with Crippen molar-refractivity contribution in [3.8, 4) is 0 Å². The van der Waals surface area contributed by atoms with Crippen LogP contribution in [-0.2, 0) is 30.5 Å². The van der Waals surface area contributed by atoms with E-state index in [1.807, 2.05) is 37.6 Å². The Balaban J connectivity index is 0.000000385. The van der Waals surface area contributed by atoms with E-state index in [-0.39, 0.29) is 11.8 Å². The van der Waals surface area contributed by atoms with E-state index in [4.69, 9.17) is 5.73 Å². The normalized spacial score (nSPS) is 20.5. The lowest BCUT2D eigenvalue weighted by molar-refractivity contribution is -0.138. The zero-order valence-corrected chi connectivity index (χ0v) is 28.1. The van der Waals surface area contributed by atoms with Crippen molar-refractivity contribution in [1.29, 1.82) is 0 Å². The number of Topliss-reactive ketones (excluding diaryl/α,β-unsaturated/α-hetero) is 1. The lowest BCUT2D eigenvalue weighted by Crippen LogP contribution is -2.64. The maximum absolute atomic E-state index is 13.3. The molecule has 0 aromatic carbocycles. The second-order valence-corrected chi connectivity index (χ2v) is 14.4. The number of nitrogens with zero attached hydrogens (tertiary/aromatic N) is 1. The average Bonchev–Trinajstić information content (AvgIpc) is 3.44. The number of nitrogens with two attached hydrogens (primary N) is 1. The molecule has 1 aromatic heterocycles. The van der Waals surface area contributed by atoms with E-state index in [9.17, 15) is 28.8 Å². The third-order valence-electron chi connectivity index (χ3n) is 8.64. The molecule has 1 aliphatic heterocycles. The predicted molar refractivity (Wildman–Crippen MR) is 175 cm³/mol. The zero-order chi connectivity index (χ0) is 33.2. The highest BCUT2D eigenvalue weighted by atomic mass is 32.1. The number of urea groups is 1. The number of carbonyl (C=O) groups is 6. The van der Waals surface area contributed by atoms with Crippen LogP contribution in [0.25, 0.3) is 0 Å². The van der Waals surface area contributed by atoms with Gasteiger partial charge in [0, 0.05) is 13.1 Å². The van der Waals surface area contributed by atoms with Crippen LogP contribution >= 0.6 is 24.2 Å². The van der Waals surface area contributed by atoms with E-state index in [0.717, 1.165) is 50.4 Å². The van der Waals surface area contributed by atoms with E-state index < -0.39 is 46.8 Å². The Morgan fingerprint density at radius 1 is 1.11 bits per heavy atom. The molecule has 2 aliphatic carbocycles.